The van der Waals surface area contributed by atoms with Crippen LogP contribution >= 0.6 is 12.4 Å². The summed E-state index contributed by atoms with van der Waals surface area (Å²) >= 11 is 0. The molecule has 0 saturated carbocycles. The van der Waals surface area contributed by atoms with E-state index in [1.807, 2.05) is 0 Å². The predicted molar refractivity (Wildman–Crippen MR) is 64.7 cm³/mol. The van der Waals surface area contributed by atoms with Crippen LogP contribution in [0.3, 0.4) is 0 Å². The molecule has 1 aliphatic rings. The Morgan fingerprint density at radius 1 is 1.38 bits per heavy atom. The summed E-state index contributed by atoms with van der Waals surface area (Å²) in [6.07, 6.45) is 3.22. The molecule has 0 aromatic heterocycles. The molecule has 1 heterocycles. The number of halogens is 2. The van der Waals surface area contributed by atoms with Crippen LogP contribution in [0, 0.1) is 5.82 Å². The third kappa shape index (κ3) is 3.83. The number of hydrogen-bond acceptors (Lipinski definition) is 2. The van der Waals surface area contributed by atoms with Crippen molar-refractivity contribution in [2.75, 3.05) is 19.7 Å². The van der Waals surface area contributed by atoms with Crippen LogP contribution in [-0.4, -0.2) is 19.7 Å². The Balaban J connectivity index is 0.00000128. The van der Waals surface area contributed by atoms with E-state index in [-0.39, 0.29) is 18.2 Å². The summed E-state index contributed by atoms with van der Waals surface area (Å²) in [6.45, 7) is 2.44. The highest BCUT2D eigenvalue weighted by molar-refractivity contribution is 5.85. The average molecular weight is 244 g/mol. The second kappa shape index (κ2) is 6.51. The number of ether oxygens (including phenoxy) is 1. The number of rotatable bonds is 3. The molecule has 16 heavy (non-hydrogen) atoms. The van der Waals surface area contributed by atoms with E-state index in [1.165, 1.54) is 17.7 Å². The van der Waals surface area contributed by atoms with E-state index in [2.05, 4.69) is 11.4 Å². The highest BCUT2D eigenvalue weighted by Crippen LogP contribution is 2.13. The summed E-state index contributed by atoms with van der Waals surface area (Å²) in [5, 5.41) is 3.26. The first-order valence-electron chi connectivity index (χ1n) is 5.11. The van der Waals surface area contributed by atoms with Crippen molar-refractivity contribution < 1.29 is 9.13 Å². The van der Waals surface area contributed by atoms with Gasteiger partial charge in [-0.3, -0.25) is 0 Å². The predicted octanol–water partition coefficient (Wildman–Crippen LogP) is 2.55. The van der Waals surface area contributed by atoms with Gasteiger partial charge in [-0.1, -0.05) is 12.1 Å². The molecule has 0 unspecified atom stereocenters. The fourth-order valence-corrected chi connectivity index (χ4v) is 1.54. The maximum absolute atomic E-state index is 12.8. The van der Waals surface area contributed by atoms with Crippen LogP contribution < -0.4 is 10.1 Å². The molecule has 0 amide bonds. The maximum Gasteiger partial charge on any atom is 0.126 e. The van der Waals surface area contributed by atoms with Crippen LogP contribution in [0.1, 0.15) is 6.42 Å². The molecule has 88 valence electrons. The zero-order valence-corrected chi connectivity index (χ0v) is 9.73. The van der Waals surface area contributed by atoms with Crippen molar-refractivity contribution >= 4 is 12.4 Å². The van der Waals surface area contributed by atoms with Gasteiger partial charge in [0.1, 0.15) is 18.2 Å². The van der Waals surface area contributed by atoms with Crippen molar-refractivity contribution in [3.8, 4) is 5.75 Å². The van der Waals surface area contributed by atoms with Gasteiger partial charge in [0.05, 0.1) is 0 Å². The SMILES string of the molecule is Cl.Fc1cccc(OCC2=CCCNC2)c1. The lowest BCUT2D eigenvalue weighted by Gasteiger charge is -2.14. The zero-order valence-electron chi connectivity index (χ0n) is 8.91. The number of nitrogens with one attached hydrogen (secondary N) is 1. The molecule has 1 aliphatic heterocycles. The van der Waals surface area contributed by atoms with E-state index >= 15 is 0 Å². The quantitative estimate of drug-likeness (QED) is 0.824. The van der Waals surface area contributed by atoms with Gasteiger partial charge in [-0.15, -0.1) is 12.4 Å². The topological polar surface area (TPSA) is 21.3 Å². The van der Waals surface area contributed by atoms with Crippen molar-refractivity contribution in [1.29, 1.82) is 0 Å². The first kappa shape index (κ1) is 13.0. The van der Waals surface area contributed by atoms with Gasteiger partial charge in [0.25, 0.3) is 0 Å². The van der Waals surface area contributed by atoms with Gasteiger partial charge in [0.15, 0.2) is 0 Å². The van der Waals surface area contributed by atoms with E-state index in [0.29, 0.717) is 12.4 Å². The maximum atomic E-state index is 12.8. The van der Waals surface area contributed by atoms with Gasteiger partial charge >= 0.3 is 0 Å². The molecular weight excluding hydrogens is 229 g/mol. The van der Waals surface area contributed by atoms with Gasteiger partial charge in [0, 0.05) is 12.6 Å². The molecule has 0 fully saturated rings. The Morgan fingerprint density at radius 2 is 2.25 bits per heavy atom. The molecule has 1 aromatic carbocycles. The lowest BCUT2D eigenvalue weighted by atomic mass is 10.2. The van der Waals surface area contributed by atoms with Gasteiger partial charge in [0.2, 0.25) is 0 Å². The summed E-state index contributed by atoms with van der Waals surface area (Å²) < 4.78 is 18.3. The Kier molecular flexibility index (Phi) is 5.29. The summed E-state index contributed by atoms with van der Waals surface area (Å²) in [5.74, 6) is 0.324. The molecule has 2 nitrogen and oxygen atoms in total. The monoisotopic (exact) mass is 243 g/mol. The fraction of sp³-hybridized carbons (Fsp3) is 0.333. The smallest absolute Gasteiger partial charge is 0.126 e. The number of benzene rings is 1. The average Bonchev–Trinajstić information content (AvgIpc) is 2.28. The molecule has 0 bridgehead atoms. The first-order chi connectivity index (χ1) is 7.34. The highest BCUT2D eigenvalue weighted by atomic mass is 35.5. The Labute approximate surface area is 101 Å². The van der Waals surface area contributed by atoms with Crippen molar-refractivity contribution in [3.05, 3.63) is 41.7 Å². The minimum absolute atomic E-state index is 0. The van der Waals surface area contributed by atoms with Gasteiger partial charge in [-0.25, -0.2) is 4.39 Å². The summed E-state index contributed by atoms with van der Waals surface area (Å²) in [6, 6.07) is 6.23. The van der Waals surface area contributed by atoms with Crippen molar-refractivity contribution in [2.45, 2.75) is 6.42 Å². The van der Waals surface area contributed by atoms with Crippen LogP contribution in [0.5, 0.6) is 5.75 Å². The lowest BCUT2D eigenvalue weighted by molar-refractivity contribution is 0.343. The van der Waals surface area contributed by atoms with Crippen LogP contribution in [0.2, 0.25) is 0 Å². The van der Waals surface area contributed by atoms with E-state index in [1.54, 1.807) is 12.1 Å². The Hall–Kier alpha value is -1.06. The normalized spacial score (nSPS) is 14.9. The van der Waals surface area contributed by atoms with Gasteiger partial charge in [-0.2, -0.15) is 0 Å². The van der Waals surface area contributed by atoms with E-state index in [4.69, 9.17) is 4.74 Å². The van der Waals surface area contributed by atoms with Crippen molar-refractivity contribution in [2.24, 2.45) is 0 Å². The van der Waals surface area contributed by atoms with Crippen LogP contribution in [0.25, 0.3) is 0 Å². The van der Waals surface area contributed by atoms with Gasteiger partial charge < -0.3 is 10.1 Å². The standard InChI is InChI=1S/C12H14FNO.ClH/c13-11-4-1-5-12(7-11)15-9-10-3-2-6-14-8-10;/h1,3-5,7,14H,2,6,8-9H2;1H. The van der Waals surface area contributed by atoms with E-state index in [0.717, 1.165) is 19.5 Å². The molecule has 0 radical (unpaired) electrons. The molecule has 1 aromatic rings. The molecule has 0 saturated heterocycles. The molecule has 2 rings (SSSR count). The minimum atomic E-state index is -0.261. The second-order valence-electron chi connectivity index (χ2n) is 3.57. The third-order valence-electron chi connectivity index (χ3n) is 2.33. The summed E-state index contributed by atoms with van der Waals surface area (Å²) in [5.41, 5.74) is 1.23. The van der Waals surface area contributed by atoms with Crippen LogP contribution in [0.15, 0.2) is 35.9 Å². The zero-order chi connectivity index (χ0) is 10.5. The van der Waals surface area contributed by atoms with Crippen LogP contribution in [-0.2, 0) is 0 Å². The third-order valence-corrected chi connectivity index (χ3v) is 2.33. The molecule has 0 atom stereocenters. The van der Waals surface area contributed by atoms with E-state index < -0.39 is 0 Å². The Morgan fingerprint density at radius 3 is 2.94 bits per heavy atom. The van der Waals surface area contributed by atoms with Crippen molar-refractivity contribution in [3.63, 3.8) is 0 Å². The van der Waals surface area contributed by atoms with Gasteiger partial charge in [-0.05, 0) is 30.7 Å². The molecule has 4 heteroatoms. The minimum Gasteiger partial charge on any atom is -0.489 e. The van der Waals surface area contributed by atoms with E-state index in [9.17, 15) is 4.39 Å². The first-order valence-corrected chi connectivity index (χ1v) is 5.11. The molecule has 1 N–H and O–H groups in total. The van der Waals surface area contributed by atoms with Crippen molar-refractivity contribution in [1.82, 2.24) is 5.32 Å². The second-order valence-corrected chi connectivity index (χ2v) is 3.57. The number of hydrogen-bond donors (Lipinski definition) is 1. The fourth-order valence-electron chi connectivity index (χ4n) is 1.54. The highest BCUT2D eigenvalue weighted by Gasteiger charge is 2.03. The summed E-state index contributed by atoms with van der Waals surface area (Å²) in [4.78, 5) is 0. The summed E-state index contributed by atoms with van der Waals surface area (Å²) in [7, 11) is 0. The lowest BCUT2D eigenvalue weighted by Crippen LogP contribution is -2.24. The largest absolute Gasteiger partial charge is 0.489 e. The van der Waals surface area contributed by atoms with Crippen LogP contribution in [0.4, 0.5) is 4.39 Å². The molecular formula is C12H15ClFNO. The molecule has 0 spiro atoms. The Bertz CT molecular complexity index is 368. The molecule has 0 aliphatic carbocycles.